The highest BCUT2D eigenvalue weighted by Gasteiger charge is 2.23. The van der Waals surface area contributed by atoms with Crippen LogP contribution in [0.25, 0.3) is 11.3 Å². The first kappa shape index (κ1) is 17.8. The van der Waals surface area contributed by atoms with Crippen LogP contribution in [0.2, 0.25) is 0 Å². The molecule has 0 spiro atoms. The largest absolute Gasteiger partial charge is 0.316 e. The molecule has 1 heterocycles. The molecule has 0 aliphatic heterocycles. The topological polar surface area (TPSA) is 51.1 Å². The maximum atomic E-state index is 14.3. The quantitative estimate of drug-likeness (QED) is 0.675. The zero-order chi connectivity index (χ0) is 18.0. The summed E-state index contributed by atoms with van der Waals surface area (Å²) < 4.78 is 42.3. The first-order chi connectivity index (χ1) is 11.9. The van der Waals surface area contributed by atoms with Crippen molar-refractivity contribution in [1.29, 1.82) is 0 Å². The highest BCUT2D eigenvalue weighted by Crippen LogP contribution is 2.29. The number of hydrogen-bond acceptors (Lipinski definition) is 3. The van der Waals surface area contributed by atoms with Gasteiger partial charge in [-0.2, -0.15) is 0 Å². The average Bonchev–Trinajstić information content (AvgIpc) is 3.00. The first-order valence-corrected chi connectivity index (χ1v) is 9.78. The molecule has 0 saturated heterocycles. The van der Waals surface area contributed by atoms with Gasteiger partial charge < -0.3 is 5.32 Å². The lowest BCUT2D eigenvalue weighted by atomic mass is 10.1. The summed E-state index contributed by atoms with van der Waals surface area (Å²) in [4.78, 5) is 0.131. The second-order valence-electron chi connectivity index (χ2n) is 5.50. The molecule has 0 saturated carbocycles. The van der Waals surface area contributed by atoms with Gasteiger partial charge in [-0.3, -0.25) is 0 Å². The molecular formula is C18H16BrFN2O2S. The molecule has 0 aliphatic carbocycles. The molecule has 1 N–H and O–H groups in total. The van der Waals surface area contributed by atoms with Gasteiger partial charge in [0.05, 0.1) is 10.6 Å². The fourth-order valence-electron chi connectivity index (χ4n) is 2.60. The molecule has 7 heteroatoms. The van der Waals surface area contributed by atoms with Crippen molar-refractivity contribution in [1.82, 2.24) is 9.29 Å². The summed E-state index contributed by atoms with van der Waals surface area (Å²) in [5, 5.41) is 2.98. The van der Waals surface area contributed by atoms with E-state index in [1.807, 2.05) is 0 Å². The van der Waals surface area contributed by atoms with Crippen LogP contribution in [0.5, 0.6) is 0 Å². The molecule has 0 radical (unpaired) electrons. The zero-order valence-electron chi connectivity index (χ0n) is 13.4. The van der Waals surface area contributed by atoms with Gasteiger partial charge in [0, 0.05) is 22.8 Å². The fraction of sp³-hybridized carbons (Fsp3) is 0.111. The summed E-state index contributed by atoms with van der Waals surface area (Å²) in [7, 11) is -2.10. The summed E-state index contributed by atoms with van der Waals surface area (Å²) in [5.74, 6) is -0.470. The van der Waals surface area contributed by atoms with Gasteiger partial charge in [-0.25, -0.2) is 16.8 Å². The monoisotopic (exact) mass is 422 g/mol. The summed E-state index contributed by atoms with van der Waals surface area (Å²) in [6, 6.07) is 14.3. The number of nitrogens with zero attached hydrogens (tertiary/aromatic N) is 1. The molecule has 2 aromatic carbocycles. The van der Waals surface area contributed by atoms with E-state index < -0.39 is 15.8 Å². The van der Waals surface area contributed by atoms with Crippen LogP contribution in [0.15, 0.2) is 70.2 Å². The summed E-state index contributed by atoms with van der Waals surface area (Å²) in [6.45, 7) is 0.475. The van der Waals surface area contributed by atoms with E-state index in [1.54, 1.807) is 43.4 Å². The highest BCUT2D eigenvalue weighted by molar-refractivity contribution is 9.10. The molecule has 4 nitrogen and oxygen atoms in total. The molecule has 1 aromatic heterocycles. The van der Waals surface area contributed by atoms with Crippen LogP contribution in [0, 0.1) is 5.82 Å². The van der Waals surface area contributed by atoms with E-state index >= 15 is 0 Å². The molecule has 0 amide bonds. The minimum atomic E-state index is -3.86. The Morgan fingerprint density at radius 3 is 2.56 bits per heavy atom. The number of rotatable bonds is 5. The van der Waals surface area contributed by atoms with E-state index in [9.17, 15) is 12.8 Å². The van der Waals surface area contributed by atoms with E-state index in [0.29, 0.717) is 16.7 Å². The predicted octanol–water partition coefficient (Wildman–Crippen LogP) is 4.01. The van der Waals surface area contributed by atoms with E-state index in [-0.39, 0.29) is 10.5 Å². The van der Waals surface area contributed by atoms with Gasteiger partial charge >= 0.3 is 0 Å². The van der Waals surface area contributed by atoms with Crippen molar-refractivity contribution in [3.8, 4) is 11.3 Å². The Kier molecular flexibility index (Phi) is 5.08. The number of hydrogen-bond donors (Lipinski definition) is 1. The lowest BCUT2D eigenvalue weighted by Gasteiger charge is -2.11. The molecule has 0 bridgehead atoms. The van der Waals surface area contributed by atoms with Crippen molar-refractivity contribution in [3.05, 3.63) is 76.6 Å². The standard InChI is InChI=1S/C18H16BrFN2O2S/c1-21-11-13-9-18(16-7-2-3-8-17(16)20)22(12-13)25(23,24)15-6-4-5-14(19)10-15/h2-10,12,21H,11H2,1H3. The second kappa shape index (κ2) is 7.11. The van der Waals surface area contributed by atoms with Gasteiger partial charge in [-0.05, 0) is 49.0 Å². The number of halogens is 2. The third kappa shape index (κ3) is 3.53. The van der Waals surface area contributed by atoms with Crippen molar-refractivity contribution in [2.45, 2.75) is 11.4 Å². The van der Waals surface area contributed by atoms with E-state index in [0.717, 1.165) is 9.54 Å². The third-order valence-corrected chi connectivity index (χ3v) is 5.89. The van der Waals surface area contributed by atoms with E-state index in [2.05, 4.69) is 21.2 Å². The Labute approximate surface area is 154 Å². The number of nitrogens with one attached hydrogen (secondary N) is 1. The van der Waals surface area contributed by atoms with Gasteiger partial charge in [0.2, 0.25) is 0 Å². The molecular weight excluding hydrogens is 407 g/mol. The third-order valence-electron chi connectivity index (χ3n) is 3.73. The molecule has 3 rings (SSSR count). The van der Waals surface area contributed by atoms with Gasteiger partial charge in [0.15, 0.2) is 0 Å². The smallest absolute Gasteiger partial charge is 0.268 e. The second-order valence-corrected chi connectivity index (χ2v) is 8.23. The summed E-state index contributed by atoms with van der Waals surface area (Å²) in [5.41, 5.74) is 1.28. The maximum absolute atomic E-state index is 14.3. The normalized spacial score (nSPS) is 11.6. The molecule has 0 unspecified atom stereocenters. The first-order valence-electron chi connectivity index (χ1n) is 7.55. The Morgan fingerprint density at radius 2 is 1.88 bits per heavy atom. The Hall–Kier alpha value is -1.96. The minimum absolute atomic E-state index is 0.131. The van der Waals surface area contributed by atoms with Gasteiger partial charge in [0.1, 0.15) is 5.82 Å². The van der Waals surface area contributed by atoms with Crippen LogP contribution in [-0.2, 0) is 16.6 Å². The van der Waals surface area contributed by atoms with Crippen molar-refractivity contribution in [3.63, 3.8) is 0 Å². The van der Waals surface area contributed by atoms with Crippen molar-refractivity contribution in [2.75, 3.05) is 7.05 Å². The molecule has 3 aromatic rings. The highest BCUT2D eigenvalue weighted by atomic mass is 79.9. The molecule has 0 atom stereocenters. The van der Waals surface area contributed by atoms with E-state index in [4.69, 9.17) is 0 Å². The predicted molar refractivity (Wildman–Crippen MR) is 99.3 cm³/mol. The molecule has 0 fully saturated rings. The summed E-state index contributed by atoms with van der Waals surface area (Å²) in [6.07, 6.45) is 1.52. The van der Waals surface area contributed by atoms with Gasteiger partial charge in [-0.1, -0.05) is 34.1 Å². The lowest BCUT2D eigenvalue weighted by molar-refractivity contribution is 0.587. The fourth-order valence-corrected chi connectivity index (χ4v) is 4.59. The van der Waals surface area contributed by atoms with E-state index in [1.165, 1.54) is 24.4 Å². The van der Waals surface area contributed by atoms with Gasteiger partial charge in [0.25, 0.3) is 10.0 Å². The molecule has 25 heavy (non-hydrogen) atoms. The van der Waals surface area contributed by atoms with Crippen molar-refractivity contribution >= 4 is 26.0 Å². The number of aromatic nitrogens is 1. The number of benzene rings is 2. The van der Waals surface area contributed by atoms with Crippen LogP contribution in [0.3, 0.4) is 0 Å². The maximum Gasteiger partial charge on any atom is 0.268 e. The lowest BCUT2D eigenvalue weighted by Crippen LogP contribution is -2.13. The van der Waals surface area contributed by atoms with Crippen LogP contribution in [0.1, 0.15) is 5.56 Å². The summed E-state index contributed by atoms with van der Waals surface area (Å²) >= 11 is 3.29. The van der Waals surface area contributed by atoms with Crippen LogP contribution >= 0.6 is 15.9 Å². The Balaban J connectivity index is 2.23. The SMILES string of the molecule is CNCc1cc(-c2ccccc2F)n(S(=O)(=O)c2cccc(Br)c2)c1. The van der Waals surface area contributed by atoms with Crippen molar-refractivity contribution in [2.24, 2.45) is 0 Å². The zero-order valence-corrected chi connectivity index (χ0v) is 15.8. The van der Waals surface area contributed by atoms with Gasteiger partial charge in [-0.15, -0.1) is 0 Å². The average molecular weight is 423 g/mol. The Morgan fingerprint density at radius 1 is 1.12 bits per heavy atom. The van der Waals surface area contributed by atoms with Crippen LogP contribution < -0.4 is 5.32 Å². The minimum Gasteiger partial charge on any atom is -0.316 e. The van der Waals surface area contributed by atoms with Crippen LogP contribution in [0.4, 0.5) is 4.39 Å². The molecule has 130 valence electrons. The Bertz CT molecular complexity index is 1020. The van der Waals surface area contributed by atoms with Crippen molar-refractivity contribution < 1.29 is 12.8 Å². The van der Waals surface area contributed by atoms with Crippen LogP contribution in [-0.4, -0.2) is 19.4 Å². The molecule has 0 aliphatic rings.